The van der Waals surface area contributed by atoms with E-state index in [1.165, 1.54) is 126 Å². The molecule has 322 valence electrons. The van der Waals surface area contributed by atoms with E-state index in [1.54, 1.807) is 0 Å². The number of nitrogens with zero attached hydrogens (tertiary/aromatic N) is 2. The van der Waals surface area contributed by atoms with E-state index in [4.69, 9.17) is 9.97 Å². The third kappa shape index (κ3) is 7.75. The van der Waals surface area contributed by atoms with Gasteiger partial charge in [0.1, 0.15) is 0 Å². The molecule has 2 aliphatic rings. The average molecular weight is 972 g/mol. The van der Waals surface area contributed by atoms with Gasteiger partial charge in [0.15, 0.2) is 0 Å². The minimum atomic E-state index is -0.0489. The molecule has 0 fully saturated rings. The zero-order chi connectivity index (χ0) is 45.4. The van der Waals surface area contributed by atoms with Crippen LogP contribution < -0.4 is 0 Å². The normalized spacial score (nSPS) is 12.1. The molecular weight excluding hydrogens is 924 g/mol. The molecule has 2 aliphatic heterocycles. The molecule has 0 atom stereocenters. The Bertz CT molecular complexity index is 3480. The van der Waals surface area contributed by atoms with Crippen molar-refractivity contribution >= 4 is 110 Å². The third-order valence-electron chi connectivity index (χ3n) is 12.7. The number of benzene rings is 4. The van der Waals surface area contributed by atoms with Crippen molar-refractivity contribution < 1.29 is 0 Å². The summed E-state index contributed by atoms with van der Waals surface area (Å²) >= 11 is 5.56. The number of fused-ring (bicyclic) bond motifs is 14. The van der Waals surface area contributed by atoms with Crippen LogP contribution in [0, 0.1) is 55.4 Å². The maximum absolute atomic E-state index is 5.65. The molecule has 0 N–H and O–H groups in total. The second-order valence-electron chi connectivity index (χ2n) is 17.9. The summed E-state index contributed by atoms with van der Waals surface area (Å²) in [6, 6.07) is 45.9. The van der Waals surface area contributed by atoms with Crippen molar-refractivity contribution in [3.05, 3.63) is 189 Å². The number of hydrogen-bond donors (Lipinski definition) is 0. The van der Waals surface area contributed by atoms with Crippen LogP contribution in [-0.4, -0.2) is 24.5 Å². The van der Waals surface area contributed by atoms with Gasteiger partial charge >= 0.3 is 408 Å². The van der Waals surface area contributed by atoms with Gasteiger partial charge < -0.3 is 0 Å². The Labute approximate surface area is 405 Å². The van der Waals surface area contributed by atoms with Crippen molar-refractivity contribution in [3.8, 4) is 44.5 Å². The van der Waals surface area contributed by atoms with Crippen molar-refractivity contribution in [2.24, 2.45) is 0 Å². The standard InChI is InChI=1S/C60H48N2S3Se/c1-33-9-13-41(14-10-33)57-43-17-19-45(61-43)59(55-37(5)29-35(3)30-38(55)6)51-25-23-49(64-51)47-21-22-48(63-47)50-24-26-52(65-50)60(56-39(7)31-36(4)32-40(56)8)46-20-18-44(62-46)58(54-28-27-53(57)66-54)42-15-11-34(2)12-16-42/h9-32H,1-8H3. The van der Waals surface area contributed by atoms with Crippen LogP contribution in [-0.2, 0) is 0 Å². The first-order chi connectivity index (χ1) is 31.9. The molecule has 4 aromatic carbocycles. The van der Waals surface area contributed by atoms with E-state index < -0.39 is 0 Å². The van der Waals surface area contributed by atoms with Crippen LogP contribution >= 0.6 is 34.0 Å². The molecule has 7 heterocycles. The number of aryl methyl sites for hydroxylation is 8. The van der Waals surface area contributed by atoms with Crippen LogP contribution in [0.25, 0.3) is 106 Å². The van der Waals surface area contributed by atoms with E-state index in [2.05, 4.69) is 201 Å². The Morgan fingerprint density at radius 1 is 0.303 bits per heavy atom. The van der Waals surface area contributed by atoms with Crippen molar-refractivity contribution in [3.63, 3.8) is 0 Å². The molecule has 0 radical (unpaired) electrons. The number of thiophene rings is 3. The molecule has 12 bridgehead atoms. The molecule has 0 aliphatic carbocycles. The molecule has 0 saturated heterocycles. The van der Waals surface area contributed by atoms with Crippen molar-refractivity contribution in [1.29, 1.82) is 0 Å². The van der Waals surface area contributed by atoms with Gasteiger partial charge in [-0.3, -0.25) is 0 Å². The summed E-state index contributed by atoms with van der Waals surface area (Å²) in [7, 11) is 0. The van der Waals surface area contributed by atoms with Gasteiger partial charge in [0.2, 0.25) is 0 Å². The summed E-state index contributed by atoms with van der Waals surface area (Å²) in [6.45, 7) is 17.7. The quantitative estimate of drug-likeness (QED) is 0.164. The fourth-order valence-corrected chi connectivity index (χ4v) is 15.6. The molecule has 0 spiro atoms. The molecule has 0 amide bonds. The SMILES string of the molecule is Cc1ccc(-c2c3nc(c(-c4c(C)cc(C)cc4C)c4ccc(s4)c4ccc(s4)c4ccc(s4)c(-c4c(C)cc(C)cc4C)c4nc(c(-c5ccc(C)cc5)c5ccc2[se]5)C=C4)C=C3)cc1. The van der Waals surface area contributed by atoms with Gasteiger partial charge in [0, 0.05) is 0 Å². The van der Waals surface area contributed by atoms with E-state index in [9.17, 15) is 0 Å². The molecule has 6 heteroatoms. The zero-order valence-corrected chi connectivity index (χ0v) is 42.5. The zero-order valence-electron chi connectivity index (χ0n) is 38.4. The summed E-state index contributed by atoms with van der Waals surface area (Å²) in [5.74, 6) is 0. The van der Waals surface area contributed by atoms with Gasteiger partial charge in [-0.25, -0.2) is 0 Å². The first kappa shape index (κ1) is 42.6. The van der Waals surface area contributed by atoms with E-state index in [-0.39, 0.29) is 14.5 Å². The molecule has 0 saturated carbocycles. The van der Waals surface area contributed by atoms with Gasteiger partial charge in [0.25, 0.3) is 0 Å². The Morgan fingerprint density at radius 3 is 0.955 bits per heavy atom. The van der Waals surface area contributed by atoms with Gasteiger partial charge in [-0.05, 0) is 0 Å². The summed E-state index contributed by atoms with van der Waals surface area (Å²) in [6.07, 6.45) is 9.02. The summed E-state index contributed by atoms with van der Waals surface area (Å²) in [4.78, 5) is 11.3. The van der Waals surface area contributed by atoms with E-state index in [0.717, 1.165) is 22.8 Å². The topological polar surface area (TPSA) is 25.8 Å². The first-order valence-corrected chi connectivity index (χ1v) is 26.6. The van der Waals surface area contributed by atoms with Crippen LogP contribution in [0.1, 0.15) is 67.3 Å². The van der Waals surface area contributed by atoms with Gasteiger partial charge in [-0.2, -0.15) is 0 Å². The number of aromatic nitrogens is 2. The van der Waals surface area contributed by atoms with Crippen LogP contribution in [0.5, 0.6) is 0 Å². The Morgan fingerprint density at radius 2 is 0.606 bits per heavy atom. The fourth-order valence-electron chi connectivity index (χ4n) is 9.88. The Balaban J connectivity index is 1.32. The number of hydrogen-bond acceptors (Lipinski definition) is 5. The van der Waals surface area contributed by atoms with E-state index >= 15 is 0 Å². The monoisotopic (exact) mass is 972 g/mol. The summed E-state index contributed by atoms with van der Waals surface area (Å²) in [5, 5.41) is 0. The summed E-state index contributed by atoms with van der Waals surface area (Å²) in [5.41, 5.74) is 23.8. The summed E-state index contributed by atoms with van der Waals surface area (Å²) < 4.78 is 10.2. The first-order valence-electron chi connectivity index (χ1n) is 22.4. The molecule has 9 aromatic rings. The Kier molecular flexibility index (Phi) is 11.0. The van der Waals surface area contributed by atoms with E-state index in [0.29, 0.717) is 0 Å². The Hall–Kier alpha value is -5.98. The molecule has 11 rings (SSSR count). The second kappa shape index (κ2) is 17.0. The van der Waals surface area contributed by atoms with Gasteiger partial charge in [0.05, 0.1) is 0 Å². The number of rotatable bonds is 4. The van der Waals surface area contributed by atoms with Crippen LogP contribution in [0.2, 0.25) is 0 Å². The maximum atomic E-state index is 5.65. The second-order valence-corrected chi connectivity index (χ2v) is 23.4. The van der Waals surface area contributed by atoms with Crippen molar-refractivity contribution in [1.82, 2.24) is 9.97 Å². The molecule has 2 nitrogen and oxygen atoms in total. The van der Waals surface area contributed by atoms with E-state index in [1.807, 2.05) is 34.0 Å². The van der Waals surface area contributed by atoms with Crippen LogP contribution in [0.3, 0.4) is 0 Å². The third-order valence-corrected chi connectivity index (χ3v) is 18.8. The molecular formula is C60H48N2S3Se. The van der Waals surface area contributed by atoms with Crippen molar-refractivity contribution in [2.75, 3.05) is 0 Å². The molecule has 66 heavy (non-hydrogen) atoms. The van der Waals surface area contributed by atoms with Gasteiger partial charge in [-0.15, -0.1) is 0 Å². The van der Waals surface area contributed by atoms with Crippen LogP contribution in [0.15, 0.2) is 121 Å². The predicted octanol–water partition coefficient (Wildman–Crippen LogP) is 17.8. The molecule has 0 unspecified atom stereocenters. The van der Waals surface area contributed by atoms with Crippen molar-refractivity contribution in [2.45, 2.75) is 55.4 Å². The average Bonchev–Trinajstić information content (AvgIpc) is 4.14. The van der Waals surface area contributed by atoms with Gasteiger partial charge in [-0.1, -0.05) is 0 Å². The minimum absolute atomic E-state index is 0.0489. The molecule has 5 aromatic heterocycles. The van der Waals surface area contributed by atoms with Crippen LogP contribution in [0.4, 0.5) is 0 Å². The predicted molar refractivity (Wildman–Crippen MR) is 293 cm³/mol. The fraction of sp³-hybridized carbons (Fsp3) is 0.133.